The molecule has 2 N–H and O–H groups in total. The first-order valence-corrected chi connectivity index (χ1v) is 8.23. The van der Waals surface area contributed by atoms with Crippen molar-refractivity contribution in [2.45, 2.75) is 25.9 Å². The predicted octanol–water partition coefficient (Wildman–Crippen LogP) is 1.67. The topological polar surface area (TPSA) is 63.5 Å². The van der Waals surface area contributed by atoms with Crippen LogP contribution in [0, 0.1) is 0 Å². The number of aromatic nitrogens is 2. The van der Waals surface area contributed by atoms with E-state index in [1.165, 1.54) is 5.56 Å². The summed E-state index contributed by atoms with van der Waals surface area (Å²) in [4.78, 5) is 8.70. The molecule has 24 heavy (non-hydrogen) atoms. The van der Waals surface area contributed by atoms with Gasteiger partial charge in [-0.2, -0.15) is 0 Å². The molecule has 6 heteroatoms. The van der Waals surface area contributed by atoms with Crippen molar-refractivity contribution in [1.29, 1.82) is 0 Å². The normalized spacial score (nSPS) is 12.9. The predicted molar refractivity (Wildman–Crippen MR) is 97.3 cm³/mol. The van der Waals surface area contributed by atoms with Crippen LogP contribution in [0.15, 0.2) is 47.7 Å². The second kappa shape index (κ2) is 9.72. The van der Waals surface area contributed by atoms with Gasteiger partial charge in [-0.25, -0.2) is 4.98 Å². The van der Waals surface area contributed by atoms with Gasteiger partial charge in [0.1, 0.15) is 5.82 Å². The smallest absolute Gasteiger partial charge is 0.191 e. The Balaban J connectivity index is 1.83. The number of benzene rings is 1. The molecule has 1 atom stereocenters. The molecule has 1 unspecified atom stereocenters. The summed E-state index contributed by atoms with van der Waals surface area (Å²) in [6.45, 7) is 4.31. The lowest BCUT2D eigenvalue weighted by Crippen LogP contribution is -2.44. The zero-order chi connectivity index (χ0) is 17.2. The van der Waals surface area contributed by atoms with E-state index in [1.54, 1.807) is 14.2 Å². The molecule has 2 aromatic rings. The van der Waals surface area contributed by atoms with Crippen LogP contribution < -0.4 is 10.6 Å². The van der Waals surface area contributed by atoms with Gasteiger partial charge in [0.15, 0.2) is 5.96 Å². The summed E-state index contributed by atoms with van der Waals surface area (Å²) in [5.41, 5.74) is 1.27. The van der Waals surface area contributed by atoms with Crippen LogP contribution in [0.1, 0.15) is 18.3 Å². The van der Waals surface area contributed by atoms with Gasteiger partial charge < -0.3 is 19.9 Å². The number of hydrogen-bond acceptors (Lipinski definition) is 3. The Hall–Kier alpha value is -2.34. The van der Waals surface area contributed by atoms with Gasteiger partial charge in [-0.05, 0) is 12.5 Å². The first-order valence-electron chi connectivity index (χ1n) is 8.23. The van der Waals surface area contributed by atoms with Gasteiger partial charge in [0.05, 0.1) is 6.61 Å². The zero-order valence-electron chi connectivity index (χ0n) is 14.7. The molecule has 0 amide bonds. The Bertz CT molecular complexity index is 623. The minimum Gasteiger partial charge on any atom is -0.383 e. The molecule has 1 aromatic heterocycles. The molecule has 0 aliphatic rings. The highest BCUT2D eigenvalue weighted by molar-refractivity contribution is 5.79. The van der Waals surface area contributed by atoms with E-state index in [4.69, 9.17) is 4.74 Å². The maximum Gasteiger partial charge on any atom is 0.191 e. The lowest BCUT2D eigenvalue weighted by molar-refractivity contribution is 0.179. The number of nitrogens with zero attached hydrogens (tertiary/aromatic N) is 3. The Morgan fingerprint density at radius 2 is 2.12 bits per heavy atom. The maximum atomic E-state index is 5.13. The van der Waals surface area contributed by atoms with Gasteiger partial charge >= 0.3 is 0 Å². The van der Waals surface area contributed by atoms with E-state index in [1.807, 2.05) is 18.5 Å². The minimum atomic E-state index is 0.210. The fourth-order valence-corrected chi connectivity index (χ4v) is 2.50. The van der Waals surface area contributed by atoms with Crippen molar-refractivity contribution in [2.75, 3.05) is 27.3 Å². The zero-order valence-corrected chi connectivity index (χ0v) is 14.7. The van der Waals surface area contributed by atoms with Crippen LogP contribution in [0.5, 0.6) is 0 Å². The SMILES string of the molecule is CN=C(NCCc1nccn1Cc1ccccc1)NC(C)COC. The van der Waals surface area contributed by atoms with Gasteiger partial charge in [0, 0.05) is 52.1 Å². The molecule has 0 spiro atoms. The largest absolute Gasteiger partial charge is 0.383 e. The highest BCUT2D eigenvalue weighted by Crippen LogP contribution is 2.05. The summed E-state index contributed by atoms with van der Waals surface area (Å²) in [7, 11) is 3.46. The second-order valence-corrected chi connectivity index (χ2v) is 5.71. The standard InChI is InChI=1S/C18H27N5O/c1-15(14-24-3)22-18(19-2)21-10-9-17-20-11-12-23(17)13-16-7-5-4-6-8-16/h4-8,11-12,15H,9-10,13-14H2,1-3H3,(H2,19,21,22). The lowest BCUT2D eigenvalue weighted by Gasteiger charge is -2.17. The van der Waals surface area contributed by atoms with Gasteiger partial charge in [-0.3, -0.25) is 4.99 Å². The number of nitrogens with one attached hydrogen (secondary N) is 2. The van der Waals surface area contributed by atoms with Crippen LogP contribution in [0.25, 0.3) is 0 Å². The van der Waals surface area contributed by atoms with Crippen LogP contribution in [0.4, 0.5) is 0 Å². The summed E-state index contributed by atoms with van der Waals surface area (Å²) >= 11 is 0. The number of aliphatic imine (C=N–C) groups is 1. The summed E-state index contributed by atoms with van der Waals surface area (Å²) in [5.74, 6) is 1.84. The van der Waals surface area contributed by atoms with E-state index < -0.39 is 0 Å². The molecule has 0 fully saturated rings. The molecule has 0 aliphatic heterocycles. The summed E-state index contributed by atoms with van der Waals surface area (Å²) in [5, 5.41) is 6.61. The number of hydrogen-bond donors (Lipinski definition) is 2. The van der Waals surface area contributed by atoms with E-state index in [2.05, 4.69) is 56.4 Å². The molecule has 1 heterocycles. The quantitative estimate of drug-likeness (QED) is 0.571. The molecule has 0 saturated carbocycles. The van der Waals surface area contributed by atoms with Crippen LogP contribution in [-0.4, -0.2) is 48.9 Å². The van der Waals surface area contributed by atoms with Crippen molar-refractivity contribution in [1.82, 2.24) is 20.2 Å². The number of imidazole rings is 1. The fraction of sp³-hybridized carbons (Fsp3) is 0.444. The van der Waals surface area contributed by atoms with E-state index >= 15 is 0 Å². The molecular formula is C18H27N5O. The van der Waals surface area contributed by atoms with Gasteiger partial charge in [-0.15, -0.1) is 0 Å². The first-order chi connectivity index (χ1) is 11.7. The van der Waals surface area contributed by atoms with E-state index in [0.717, 1.165) is 31.3 Å². The van der Waals surface area contributed by atoms with E-state index in [-0.39, 0.29) is 6.04 Å². The maximum absolute atomic E-state index is 5.13. The third-order valence-corrected chi connectivity index (χ3v) is 3.66. The molecule has 6 nitrogen and oxygen atoms in total. The molecule has 0 aliphatic carbocycles. The minimum absolute atomic E-state index is 0.210. The van der Waals surface area contributed by atoms with E-state index in [0.29, 0.717) is 6.61 Å². The summed E-state index contributed by atoms with van der Waals surface area (Å²) < 4.78 is 7.31. The second-order valence-electron chi connectivity index (χ2n) is 5.71. The third kappa shape index (κ3) is 5.70. The highest BCUT2D eigenvalue weighted by Gasteiger charge is 2.06. The average molecular weight is 329 g/mol. The van der Waals surface area contributed by atoms with Gasteiger partial charge in [-0.1, -0.05) is 30.3 Å². The van der Waals surface area contributed by atoms with Crippen molar-refractivity contribution in [3.63, 3.8) is 0 Å². The summed E-state index contributed by atoms with van der Waals surface area (Å²) in [6, 6.07) is 10.6. The monoisotopic (exact) mass is 329 g/mol. The molecule has 0 bridgehead atoms. The van der Waals surface area contributed by atoms with Crippen LogP contribution >= 0.6 is 0 Å². The molecule has 0 saturated heterocycles. The molecular weight excluding hydrogens is 302 g/mol. The molecule has 130 valence electrons. The Kier molecular flexibility index (Phi) is 7.29. The third-order valence-electron chi connectivity index (χ3n) is 3.66. The number of methoxy groups -OCH3 is 1. The van der Waals surface area contributed by atoms with Crippen molar-refractivity contribution >= 4 is 5.96 Å². The van der Waals surface area contributed by atoms with Crippen molar-refractivity contribution in [3.05, 3.63) is 54.1 Å². The average Bonchev–Trinajstić information content (AvgIpc) is 3.02. The Morgan fingerprint density at radius 3 is 2.83 bits per heavy atom. The number of guanidine groups is 1. The van der Waals surface area contributed by atoms with Crippen LogP contribution in [0.3, 0.4) is 0 Å². The lowest BCUT2D eigenvalue weighted by atomic mass is 10.2. The molecule has 2 rings (SSSR count). The number of rotatable bonds is 8. The van der Waals surface area contributed by atoms with Crippen LogP contribution in [-0.2, 0) is 17.7 Å². The van der Waals surface area contributed by atoms with E-state index in [9.17, 15) is 0 Å². The Morgan fingerprint density at radius 1 is 1.33 bits per heavy atom. The van der Waals surface area contributed by atoms with Gasteiger partial charge in [0.25, 0.3) is 0 Å². The van der Waals surface area contributed by atoms with Crippen molar-refractivity contribution < 1.29 is 4.74 Å². The summed E-state index contributed by atoms with van der Waals surface area (Å²) in [6.07, 6.45) is 4.71. The van der Waals surface area contributed by atoms with Crippen molar-refractivity contribution in [2.24, 2.45) is 4.99 Å². The molecule has 0 radical (unpaired) electrons. The molecule has 1 aromatic carbocycles. The van der Waals surface area contributed by atoms with Gasteiger partial charge in [0.2, 0.25) is 0 Å². The van der Waals surface area contributed by atoms with Crippen LogP contribution in [0.2, 0.25) is 0 Å². The van der Waals surface area contributed by atoms with Crippen molar-refractivity contribution in [3.8, 4) is 0 Å². The fourth-order valence-electron chi connectivity index (χ4n) is 2.50. The Labute approximate surface area is 144 Å². The number of ether oxygens (including phenoxy) is 1. The first kappa shape index (κ1) is 18.0. The highest BCUT2D eigenvalue weighted by atomic mass is 16.5.